The Hall–Kier alpha value is -0.820. The van der Waals surface area contributed by atoms with Crippen LogP contribution in [0.5, 0.6) is 0 Å². The van der Waals surface area contributed by atoms with Crippen LogP contribution in [0.15, 0.2) is 23.1 Å². The summed E-state index contributed by atoms with van der Waals surface area (Å²) >= 11 is 5.81. The van der Waals surface area contributed by atoms with Crippen LogP contribution in [0.4, 0.5) is 0 Å². The first kappa shape index (κ1) is 16.5. The molecule has 1 aromatic carbocycles. The largest absolute Gasteiger partial charge is 0.376 e. The molecular formula is C13H15Cl2NO4S. The Morgan fingerprint density at radius 1 is 1.43 bits per heavy atom. The number of hydrogen-bond acceptors (Lipinski definition) is 4. The van der Waals surface area contributed by atoms with Crippen molar-refractivity contribution in [1.29, 1.82) is 0 Å². The van der Waals surface area contributed by atoms with Crippen molar-refractivity contribution in [2.45, 2.75) is 30.4 Å². The molecule has 0 saturated carbocycles. The molecular weight excluding hydrogens is 337 g/mol. The Morgan fingerprint density at radius 2 is 2.10 bits per heavy atom. The highest BCUT2D eigenvalue weighted by Crippen LogP contribution is 2.27. The summed E-state index contributed by atoms with van der Waals surface area (Å²) < 4.78 is 28.3. The van der Waals surface area contributed by atoms with Crippen molar-refractivity contribution in [3.63, 3.8) is 0 Å². The van der Waals surface area contributed by atoms with Crippen molar-refractivity contribution in [2.75, 3.05) is 13.7 Å². The molecule has 0 radical (unpaired) electrons. The molecule has 0 bridgehead atoms. The molecule has 2 rings (SSSR count). The second kappa shape index (κ2) is 6.12. The van der Waals surface area contributed by atoms with Gasteiger partial charge in [0.2, 0.25) is 0 Å². The maximum atomic E-state index is 12.5. The quantitative estimate of drug-likeness (QED) is 0.785. The first-order chi connectivity index (χ1) is 9.71. The summed E-state index contributed by atoms with van der Waals surface area (Å²) in [7, 11) is 2.98. The topological polar surface area (TPSA) is 63.7 Å². The Balaban J connectivity index is 2.32. The normalized spacial score (nSPS) is 22.3. The van der Waals surface area contributed by atoms with Crippen LogP contribution in [-0.4, -0.2) is 45.0 Å². The smallest absolute Gasteiger partial charge is 0.262 e. The van der Waals surface area contributed by atoms with E-state index in [1.54, 1.807) is 11.9 Å². The van der Waals surface area contributed by atoms with Gasteiger partial charge >= 0.3 is 0 Å². The van der Waals surface area contributed by atoms with Crippen molar-refractivity contribution in [1.82, 2.24) is 4.90 Å². The highest BCUT2D eigenvalue weighted by Gasteiger charge is 2.31. The molecule has 0 spiro atoms. The first-order valence-electron chi connectivity index (χ1n) is 6.35. The van der Waals surface area contributed by atoms with E-state index in [1.165, 1.54) is 18.2 Å². The highest BCUT2D eigenvalue weighted by atomic mass is 35.7. The lowest BCUT2D eigenvalue weighted by Gasteiger charge is -2.27. The molecule has 5 nitrogen and oxygen atoms in total. The fourth-order valence-electron chi connectivity index (χ4n) is 2.41. The minimum absolute atomic E-state index is 0.0122. The molecule has 8 heteroatoms. The fraction of sp³-hybridized carbons (Fsp3) is 0.462. The van der Waals surface area contributed by atoms with E-state index in [2.05, 4.69) is 0 Å². The summed E-state index contributed by atoms with van der Waals surface area (Å²) in [5, 5.41) is -0.0122. The van der Waals surface area contributed by atoms with E-state index in [0.29, 0.717) is 6.61 Å². The molecule has 2 atom stereocenters. The minimum atomic E-state index is -4.00. The van der Waals surface area contributed by atoms with Crippen LogP contribution in [0.1, 0.15) is 23.7 Å². The number of hydrogen-bond donors (Lipinski definition) is 0. The average Bonchev–Trinajstić information content (AvgIpc) is 2.82. The molecule has 1 fully saturated rings. The number of carbonyl (C=O) groups is 1. The summed E-state index contributed by atoms with van der Waals surface area (Å²) in [5.74, 6) is -0.296. The molecule has 116 valence electrons. The van der Waals surface area contributed by atoms with Gasteiger partial charge in [-0.3, -0.25) is 4.79 Å². The van der Waals surface area contributed by atoms with Gasteiger partial charge in [0.25, 0.3) is 15.0 Å². The van der Waals surface area contributed by atoms with Crippen LogP contribution in [0.2, 0.25) is 5.02 Å². The first-order valence-corrected chi connectivity index (χ1v) is 9.03. The molecule has 1 amide bonds. The maximum absolute atomic E-state index is 12.5. The van der Waals surface area contributed by atoms with E-state index in [9.17, 15) is 13.2 Å². The summed E-state index contributed by atoms with van der Waals surface area (Å²) in [4.78, 5) is 13.8. The Bertz CT molecular complexity index is 662. The van der Waals surface area contributed by atoms with E-state index >= 15 is 0 Å². The minimum Gasteiger partial charge on any atom is -0.376 e. The predicted molar refractivity (Wildman–Crippen MR) is 80.4 cm³/mol. The second-order valence-corrected chi connectivity index (χ2v) is 7.87. The molecule has 1 saturated heterocycles. The van der Waals surface area contributed by atoms with Gasteiger partial charge in [-0.2, -0.15) is 0 Å². The Morgan fingerprint density at radius 3 is 2.62 bits per heavy atom. The summed E-state index contributed by atoms with van der Waals surface area (Å²) in [5.41, 5.74) is 0.222. The number of ether oxygens (including phenoxy) is 1. The zero-order valence-corrected chi connectivity index (χ0v) is 13.9. The summed E-state index contributed by atoms with van der Waals surface area (Å²) in [6, 6.07) is 3.99. The van der Waals surface area contributed by atoms with E-state index in [1.807, 2.05) is 6.92 Å². The fourth-order valence-corrected chi connectivity index (χ4v) is 3.90. The van der Waals surface area contributed by atoms with Crippen LogP contribution < -0.4 is 0 Å². The lowest BCUT2D eigenvalue weighted by atomic mass is 10.1. The molecule has 2 unspecified atom stereocenters. The van der Waals surface area contributed by atoms with Gasteiger partial charge in [-0.25, -0.2) is 8.42 Å². The van der Waals surface area contributed by atoms with Crippen molar-refractivity contribution >= 4 is 37.2 Å². The molecule has 1 aromatic rings. The van der Waals surface area contributed by atoms with Crippen molar-refractivity contribution in [3.05, 3.63) is 28.8 Å². The lowest BCUT2D eigenvalue weighted by molar-refractivity contribution is 0.0574. The van der Waals surface area contributed by atoms with Crippen LogP contribution in [-0.2, 0) is 13.8 Å². The second-order valence-electron chi connectivity index (χ2n) is 4.93. The Labute approximate surface area is 133 Å². The van der Waals surface area contributed by atoms with E-state index in [0.717, 1.165) is 6.42 Å². The van der Waals surface area contributed by atoms with Gasteiger partial charge in [-0.15, -0.1) is 0 Å². The molecule has 0 aliphatic carbocycles. The number of carbonyl (C=O) groups excluding carboxylic acids is 1. The van der Waals surface area contributed by atoms with E-state index in [-0.39, 0.29) is 33.5 Å². The monoisotopic (exact) mass is 351 g/mol. The molecule has 0 N–H and O–H groups in total. The molecule has 21 heavy (non-hydrogen) atoms. The number of nitrogens with zero attached hydrogens (tertiary/aromatic N) is 1. The van der Waals surface area contributed by atoms with Crippen LogP contribution in [0.25, 0.3) is 0 Å². The Kier molecular flexibility index (Phi) is 4.82. The third kappa shape index (κ3) is 3.51. The van der Waals surface area contributed by atoms with Crippen LogP contribution in [0, 0.1) is 0 Å². The maximum Gasteiger partial charge on any atom is 0.262 e. The summed E-state index contributed by atoms with van der Waals surface area (Å²) in [6.07, 6.45) is 0.694. The number of likely N-dealkylation sites (N-methyl/N-ethyl adjacent to an activating group) is 1. The van der Waals surface area contributed by atoms with Crippen molar-refractivity contribution < 1.29 is 17.9 Å². The molecule has 1 heterocycles. The number of rotatable bonds is 3. The van der Waals surface area contributed by atoms with Gasteiger partial charge in [-0.1, -0.05) is 11.6 Å². The van der Waals surface area contributed by atoms with Gasteiger partial charge in [0.1, 0.15) is 4.90 Å². The van der Waals surface area contributed by atoms with Gasteiger partial charge in [0.15, 0.2) is 0 Å². The van der Waals surface area contributed by atoms with E-state index < -0.39 is 9.05 Å². The molecule has 1 aliphatic rings. The standard InChI is InChI=1S/C13H15Cl2NO4S/c1-8-11(5-6-20-8)16(2)13(17)9-3-4-10(14)12(7-9)21(15,18)19/h3-4,7-8,11H,5-6H2,1-2H3. The lowest BCUT2D eigenvalue weighted by Crippen LogP contribution is -2.41. The van der Waals surface area contributed by atoms with Gasteiger partial charge in [-0.05, 0) is 31.5 Å². The average molecular weight is 352 g/mol. The van der Waals surface area contributed by atoms with E-state index in [4.69, 9.17) is 27.0 Å². The SMILES string of the molecule is CC1OCCC1N(C)C(=O)c1ccc(Cl)c(S(=O)(=O)Cl)c1. The van der Waals surface area contributed by atoms with Crippen molar-refractivity contribution in [3.8, 4) is 0 Å². The third-order valence-corrected chi connectivity index (χ3v) is 5.40. The predicted octanol–water partition coefficient (Wildman–Crippen LogP) is 2.52. The number of halogens is 2. The van der Waals surface area contributed by atoms with Crippen molar-refractivity contribution in [2.24, 2.45) is 0 Å². The molecule has 0 aromatic heterocycles. The number of benzene rings is 1. The molecule has 1 aliphatic heterocycles. The van der Waals surface area contributed by atoms with Crippen LogP contribution in [0.3, 0.4) is 0 Å². The van der Waals surface area contributed by atoms with Gasteiger partial charge in [0.05, 0.1) is 17.2 Å². The van der Waals surface area contributed by atoms with Gasteiger partial charge < -0.3 is 9.64 Å². The highest BCUT2D eigenvalue weighted by molar-refractivity contribution is 8.13. The third-order valence-electron chi connectivity index (χ3n) is 3.59. The summed E-state index contributed by atoms with van der Waals surface area (Å²) in [6.45, 7) is 2.50. The number of amides is 1. The zero-order valence-electron chi connectivity index (χ0n) is 11.5. The van der Waals surface area contributed by atoms with Gasteiger partial charge in [0, 0.05) is 29.9 Å². The van der Waals surface area contributed by atoms with Crippen LogP contribution >= 0.6 is 22.3 Å². The zero-order chi connectivity index (χ0) is 15.8.